The smallest absolute Gasteiger partial charge is 0.231 e. The second kappa shape index (κ2) is 3.38. The van der Waals surface area contributed by atoms with Gasteiger partial charge in [-0.1, -0.05) is 0 Å². The Morgan fingerprint density at radius 2 is 2.24 bits per heavy atom. The SMILES string of the molecule is Cn1nc(-c2c(F)ccc3c2OCO3)cc1N. The highest BCUT2D eigenvalue weighted by Crippen LogP contribution is 2.42. The Kier molecular flexibility index (Phi) is 1.98. The first-order chi connectivity index (χ1) is 8.16. The number of ether oxygens (including phenoxy) is 2. The monoisotopic (exact) mass is 235 g/mol. The fourth-order valence-corrected chi connectivity index (χ4v) is 1.79. The van der Waals surface area contributed by atoms with E-state index in [-0.39, 0.29) is 12.4 Å². The lowest BCUT2D eigenvalue weighted by Crippen LogP contribution is -1.97. The Bertz CT molecular complexity index is 575. The highest BCUT2D eigenvalue weighted by Gasteiger charge is 2.24. The van der Waals surface area contributed by atoms with Crippen LogP contribution in [0.1, 0.15) is 0 Å². The largest absolute Gasteiger partial charge is 0.454 e. The van der Waals surface area contributed by atoms with Crippen LogP contribution in [0, 0.1) is 5.82 Å². The standard InChI is InChI=1S/C11H10FN3O2/c1-15-9(13)4-7(14-15)10-6(12)2-3-8-11(10)17-5-16-8/h2-4H,5,13H2,1H3. The van der Waals surface area contributed by atoms with Crippen molar-refractivity contribution in [2.75, 3.05) is 12.5 Å². The number of anilines is 1. The third kappa shape index (κ3) is 1.41. The summed E-state index contributed by atoms with van der Waals surface area (Å²) >= 11 is 0. The van der Waals surface area contributed by atoms with Crippen molar-refractivity contribution < 1.29 is 13.9 Å². The molecule has 2 heterocycles. The van der Waals surface area contributed by atoms with Gasteiger partial charge < -0.3 is 15.2 Å². The number of hydrogen-bond acceptors (Lipinski definition) is 4. The number of fused-ring (bicyclic) bond motifs is 1. The molecule has 0 atom stereocenters. The van der Waals surface area contributed by atoms with Gasteiger partial charge in [0.05, 0.1) is 5.56 Å². The van der Waals surface area contributed by atoms with E-state index in [0.29, 0.717) is 23.0 Å². The molecule has 0 spiro atoms. The molecule has 1 aromatic carbocycles. The lowest BCUT2D eigenvalue weighted by atomic mass is 10.1. The van der Waals surface area contributed by atoms with Crippen molar-refractivity contribution in [1.82, 2.24) is 9.78 Å². The second-order valence-corrected chi connectivity index (χ2v) is 3.73. The number of rotatable bonds is 1. The Hall–Kier alpha value is -2.24. The first-order valence-electron chi connectivity index (χ1n) is 5.05. The van der Waals surface area contributed by atoms with Crippen LogP contribution in [0.15, 0.2) is 18.2 Å². The minimum Gasteiger partial charge on any atom is -0.454 e. The van der Waals surface area contributed by atoms with Crippen LogP contribution in [0.3, 0.4) is 0 Å². The summed E-state index contributed by atoms with van der Waals surface area (Å²) in [5.41, 5.74) is 6.40. The lowest BCUT2D eigenvalue weighted by Gasteiger charge is -2.03. The zero-order valence-electron chi connectivity index (χ0n) is 9.11. The summed E-state index contributed by atoms with van der Waals surface area (Å²) in [6, 6.07) is 4.46. The molecule has 88 valence electrons. The van der Waals surface area contributed by atoms with Crippen molar-refractivity contribution in [3.8, 4) is 22.8 Å². The van der Waals surface area contributed by atoms with Crippen LogP contribution >= 0.6 is 0 Å². The summed E-state index contributed by atoms with van der Waals surface area (Å²) in [4.78, 5) is 0. The maximum Gasteiger partial charge on any atom is 0.231 e. The van der Waals surface area contributed by atoms with Crippen molar-refractivity contribution in [2.45, 2.75) is 0 Å². The zero-order valence-corrected chi connectivity index (χ0v) is 9.11. The number of aryl methyl sites for hydroxylation is 1. The molecule has 0 saturated carbocycles. The molecule has 0 fully saturated rings. The number of nitrogens with zero attached hydrogens (tertiary/aromatic N) is 2. The molecule has 0 amide bonds. The van der Waals surface area contributed by atoms with E-state index < -0.39 is 5.82 Å². The van der Waals surface area contributed by atoms with E-state index in [1.165, 1.54) is 16.8 Å². The molecule has 0 bridgehead atoms. The van der Waals surface area contributed by atoms with E-state index in [1.54, 1.807) is 13.1 Å². The molecule has 0 unspecified atom stereocenters. The average Bonchev–Trinajstić information content (AvgIpc) is 2.86. The molecule has 2 N–H and O–H groups in total. The van der Waals surface area contributed by atoms with Crippen molar-refractivity contribution in [1.29, 1.82) is 0 Å². The van der Waals surface area contributed by atoms with Crippen LogP contribution < -0.4 is 15.2 Å². The third-order valence-electron chi connectivity index (χ3n) is 2.66. The van der Waals surface area contributed by atoms with Crippen molar-refractivity contribution in [2.24, 2.45) is 7.05 Å². The van der Waals surface area contributed by atoms with E-state index >= 15 is 0 Å². The van der Waals surface area contributed by atoms with Gasteiger partial charge in [0, 0.05) is 13.1 Å². The van der Waals surface area contributed by atoms with Gasteiger partial charge in [-0.15, -0.1) is 0 Å². The Morgan fingerprint density at radius 1 is 1.41 bits per heavy atom. The number of hydrogen-bond donors (Lipinski definition) is 1. The van der Waals surface area contributed by atoms with Gasteiger partial charge in [-0.05, 0) is 12.1 Å². The van der Waals surface area contributed by atoms with Crippen LogP contribution in [0.4, 0.5) is 10.2 Å². The fourth-order valence-electron chi connectivity index (χ4n) is 1.79. The molecular weight excluding hydrogens is 225 g/mol. The van der Waals surface area contributed by atoms with Crippen LogP contribution in [-0.2, 0) is 7.05 Å². The number of nitrogen functional groups attached to an aromatic ring is 1. The minimum absolute atomic E-state index is 0.0914. The average molecular weight is 235 g/mol. The molecule has 1 aliphatic rings. The summed E-state index contributed by atoms with van der Waals surface area (Å²) in [6.45, 7) is 0.0914. The number of aromatic nitrogens is 2. The number of halogens is 1. The number of benzene rings is 1. The molecule has 2 aromatic rings. The summed E-state index contributed by atoms with van der Waals surface area (Å²) in [5.74, 6) is 0.942. The summed E-state index contributed by atoms with van der Waals surface area (Å²) in [7, 11) is 1.69. The van der Waals surface area contributed by atoms with Gasteiger partial charge in [0.1, 0.15) is 17.3 Å². The summed E-state index contributed by atoms with van der Waals surface area (Å²) < 4.78 is 25.8. The first-order valence-corrected chi connectivity index (χ1v) is 5.05. The molecule has 0 saturated heterocycles. The van der Waals surface area contributed by atoms with E-state index in [0.717, 1.165) is 0 Å². The predicted molar refractivity (Wildman–Crippen MR) is 59.1 cm³/mol. The summed E-state index contributed by atoms with van der Waals surface area (Å²) in [5, 5.41) is 4.13. The van der Waals surface area contributed by atoms with Gasteiger partial charge >= 0.3 is 0 Å². The van der Waals surface area contributed by atoms with E-state index in [9.17, 15) is 4.39 Å². The quantitative estimate of drug-likeness (QED) is 0.814. The molecule has 6 heteroatoms. The van der Waals surface area contributed by atoms with E-state index in [2.05, 4.69) is 5.10 Å². The highest BCUT2D eigenvalue weighted by atomic mass is 19.1. The Labute approximate surface area is 96.6 Å². The van der Waals surface area contributed by atoms with Crippen LogP contribution in [0.25, 0.3) is 11.3 Å². The van der Waals surface area contributed by atoms with Gasteiger partial charge in [0.25, 0.3) is 0 Å². The first kappa shape index (κ1) is 9.95. The molecule has 1 aliphatic heterocycles. The molecule has 0 aliphatic carbocycles. The lowest BCUT2D eigenvalue weighted by molar-refractivity contribution is 0.174. The van der Waals surface area contributed by atoms with Gasteiger partial charge in [-0.3, -0.25) is 4.68 Å². The zero-order chi connectivity index (χ0) is 12.0. The normalized spacial score (nSPS) is 13.1. The fraction of sp³-hybridized carbons (Fsp3) is 0.182. The van der Waals surface area contributed by atoms with Gasteiger partial charge in [-0.2, -0.15) is 5.10 Å². The van der Waals surface area contributed by atoms with Crippen LogP contribution in [-0.4, -0.2) is 16.6 Å². The van der Waals surface area contributed by atoms with Crippen LogP contribution in [0.2, 0.25) is 0 Å². The third-order valence-corrected chi connectivity index (χ3v) is 2.66. The summed E-state index contributed by atoms with van der Waals surface area (Å²) in [6.07, 6.45) is 0. The highest BCUT2D eigenvalue weighted by molar-refractivity contribution is 5.73. The molecular formula is C11H10FN3O2. The maximum absolute atomic E-state index is 13.8. The molecule has 0 radical (unpaired) electrons. The Balaban J connectivity index is 2.23. The Morgan fingerprint density at radius 3 is 2.94 bits per heavy atom. The predicted octanol–water partition coefficient (Wildman–Crippen LogP) is 1.54. The van der Waals surface area contributed by atoms with Gasteiger partial charge in [-0.25, -0.2) is 4.39 Å². The maximum atomic E-state index is 13.8. The van der Waals surface area contributed by atoms with Crippen LogP contribution in [0.5, 0.6) is 11.5 Å². The molecule has 1 aromatic heterocycles. The number of nitrogens with two attached hydrogens (primary N) is 1. The van der Waals surface area contributed by atoms with Gasteiger partial charge in [0.15, 0.2) is 11.5 Å². The second-order valence-electron chi connectivity index (χ2n) is 3.73. The van der Waals surface area contributed by atoms with Crippen molar-refractivity contribution >= 4 is 5.82 Å². The topological polar surface area (TPSA) is 62.3 Å². The van der Waals surface area contributed by atoms with Gasteiger partial charge in [0.2, 0.25) is 6.79 Å². The molecule has 17 heavy (non-hydrogen) atoms. The van der Waals surface area contributed by atoms with E-state index in [1.807, 2.05) is 0 Å². The van der Waals surface area contributed by atoms with E-state index in [4.69, 9.17) is 15.2 Å². The van der Waals surface area contributed by atoms with Crippen molar-refractivity contribution in [3.63, 3.8) is 0 Å². The molecule has 5 nitrogen and oxygen atoms in total. The van der Waals surface area contributed by atoms with Crippen molar-refractivity contribution in [3.05, 3.63) is 24.0 Å². The minimum atomic E-state index is -0.410. The molecule has 3 rings (SSSR count).